The van der Waals surface area contributed by atoms with Crippen LogP contribution in [0.15, 0.2) is 115 Å². The van der Waals surface area contributed by atoms with Crippen molar-refractivity contribution in [2.75, 3.05) is 0 Å². The van der Waals surface area contributed by atoms with Crippen LogP contribution in [0.2, 0.25) is 0 Å². The van der Waals surface area contributed by atoms with Gasteiger partial charge in [0.1, 0.15) is 0 Å². The van der Waals surface area contributed by atoms with Crippen LogP contribution in [0.3, 0.4) is 0 Å². The van der Waals surface area contributed by atoms with Crippen LogP contribution in [-0.4, -0.2) is 0 Å². The first kappa shape index (κ1) is 19.1. The van der Waals surface area contributed by atoms with Gasteiger partial charge in [0.2, 0.25) is 0 Å². The van der Waals surface area contributed by atoms with Crippen LogP contribution < -0.4 is 24.0 Å². The van der Waals surface area contributed by atoms with E-state index in [1.165, 1.54) is 16.7 Å². The summed E-state index contributed by atoms with van der Waals surface area (Å²) in [5, 5.41) is 11.8. The first-order valence-corrected chi connectivity index (χ1v) is 8.76. The van der Waals surface area contributed by atoms with Crippen molar-refractivity contribution in [3.8, 4) is 5.75 Å². The van der Waals surface area contributed by atoms with E-state index >= 15 is 0 Å². The molecule has 0 radical (unpaired) electrons. The molecule has 1 nitrogen and oxygen atoms in total. The van der Waals surface area contributed by atoms with Crippen molar-refractivity contribution >= 4 is 0 Å². The fraction of sp³-hybridized carbons (Fsp3) is 0.0400. The van der Waals surface area contributed by atoms with Gasteiger partial charge in [0.15, 0.2) is 0 Å². The maximum atomic E-state index is 11.8. The molecule has 4 aromatic carbocycles. The van der Waals surface area contributed by atoms with E-state index in [0.29, 0.717) is 0 Å². The van der Waals surface area contributed by atoms with Gasteiger partial charge in [-0.15, -0.1) is 5.75 Å². The minimum atomic E-state index is -0.475. The molecule has 27 heavy (non-hydrogen) atoms. The van der Waals surface area contributed by atoms with Gasteiger partial charge in [0.05, 0.1) is 5.41 Å². The van der Waals surface area contributed by atoms with Gasteiger partial charge in [0, 0.05) is 0 Å². The van der Waals surface area contributed by atoms with Gasteiger partial charge in [-0.2, -0.15) is 0 Å². The molecule has 0 N–H and O–H groups in total. The van der Waals surface area contributed by atoms with Crippen LogP contribution in [0.1, 0.15) is 22.3 Å². The molecule has 4 rings (SSSR count). The predicted molar refractivity (Wildman–Crippen MR) is 104 cm³/mol. The fourth-order valence-electron chi connectivity index (χ4n) is 3.77. The Hall–Kier alpha value is -2.72. The van der Waals surface area contributed by atoms with E-state index in [2.05, 4.69) is 72.8 Å². The third-order valence-electron chi connectivity index (χ3n) is 4.91. The second kappa shape index (κ2) is 8.31. The number of hydrogen-bond donors (Lipinski definition) is 0. The number of benzene rings is 4. The summed E-state index contributed by atoms with van der Waals surface area (Å²) in [6.45, 7) is 0. The first-order chi connectivity index (χ1) is 12.8. The molecule has 0 bridgehead atoms. The summed E-state index contributed by atoms with van der Waals surface area (Å²) in [5.74, 6) is 0.0248. The Kier molecular flexibility index (Phi) is 5.87. The van der Waals surface area contributed by atoms with E-state index in [9.17, 15) is 5.11 Å². The molecule has 0 aromatic heterocycles. The van der Waals surface area contributed by atoms with E-state index in [0.717, 1.165) is 5.56 Å². The molecule has 0 atom stereocenters. The fourth-order valence-corrected chi connectivity index (χ4v) is 3.77. The van der Waals surface area contributed by atoms with Crippen molar-refractivity contribution in [2.24, 2.45) is 0 Å². The molecule has 126 valence electrons. The molecule has 2 heteroatoms. The van der Waals surface area contributed by atoms with Crippen LogP contribution >= 0.6 is 0 Å². The smallest absolute Gasteiger partial charge is 0.872 e. The van der Waals surface area contributed by atoms with Crippen molar-refractivity contribution in [3.05, 3.63) is 138 Å². The molecule has 0 saturated heterocycles. The van der Waals surface area contributed by atoms with Crippen molar-refractivity contribution in [2.45, 2.75) is 5.41 Å². The molecular formula is C25H19LiO. The van der Waals surface area contributed by atoms with Crippen LogP contribution in [0, 0.1) is 0 Å². The van der Waals surface area contributed by atoms with E-state index in [1.807, 2.05) is 30.3 Å². The van der Waals surface area contributed by atoms with Crippen molar-refractivity contribution in [1.82, 2.24) is 0 Å². The van der Waals surface area contributed by atoms with Gasteiger partial charge in [-0.05, 0) is 22.3 Å². The zero-order valence-electron chi connectivity index (χ0n) is 15.4. The van der Waals surface area contributed by atoms with Gasteiger partial charge < -0.3 is 5.11 Å². The zero-order chi connectivity index (χ0) is 17.8. The summed E-state index contributed by atoms with van der Waals surface area (Å²) in [5.41, 5.74) is 4.14. The van der Waals surface area contributed by atoms with Crippen molar-refractivity contribution in [3.63, 3.8) is 0 Å². The second-order valence-corrected chi connectivity index (χ2v) is 6.37. The van der Waals surface area contributed by atoms with E-state index in [4.69, 9.17) is 0 Å². The SMILES string of the molecule is [Li+].[O-]c1ccc(C(c2ccccc2)(c2ccccc2)c2ccccc2)cc1. The van der Waals surface area contributed by atoms with Crippen molar-refractivity contribution in [1.29, 1.82) is 0 Å². The summed E-state index contributed by atoms with van der Waals surface area (Å²) in [4.78, 5) is 0. The molecule has 0 spiro atoms. The summed E-state index contributed by atoms with van der Waals surface area (Å²) in [6, 6.07) is 38.7. The molecule has 0 heterocycles. The van der Waals surface area contributed by atoms with Crippen LogP contribution in [0.5, 0.6) is 5.75 Å². The number of hydrogen-bond acceptors (Lipinski definition) is 1. The summed E-state index contributed by atoms with van der Waals surface area (Å²) >= 11 is 0. The largest absolute Gasteiger partial charge is 1.00 e. The Labute approximate surface area is 172 Å². The Morgan fingerprint density at radius 3 is 1.04 bits per heavy atom. The second-order valence-electron chi connectivity index (χ2n) is 6.37. The van der Waals surface area contributed by atoms with Crippen molar-refractivity contribution < 1.29 is 24.0 Å². The Bertz CT molecular complexity index is 868. The molecule has 4 aromatic rings. The third-order valence-corrected chi connectivity index (χ3v) is 4.91. The minimum absolute atomic E-state index is 0. The van der Waals surface area contributed by atoms with E-state index in [-0.39, 0.29) is 24.6 Å². The monoisotopic (exact) mass is 342 g/mol. The standard InChI is InChI=1S/C25H20O.Li/c26-24-18-16-23(17-19-24)25(20-10-4-1-5-11-20,21-12-6-2-7-13-21)22-14-8-3-9-15-22;/h1-19,26H;/q;+1/p-1. The average Bonchev–Trinajstić information content (AvgIpc) is 2.72. The minimum Gasteiger partial charge on any atom is -0.872 e. The quantitative estimate of drug-likeness (QED) is 0.412. The zero-order valence-corrected chi connectivity index (χ0v) is 15.4. The molecule has 0 aliphatic rings. The van der Waals surface area contributed by atoms with Gasteiger partial charge >= 0.3 is 18.9 Å². The molecule has 0 saturated carbocycles. The average molecular weight is 342 g/mol. The molecule has 0 fully saturated rings. The van der Waals surface area contributed by atoms with Gasteiger partial charge in [-0.3, -0.25) is 0 Å². The maximum absolute atomic E-state index is 11.8. The van der Waals surface area contributed by atoms with E-state index in [1.54, 1.807) is 12.1 Å². The summed E-state index contributed by atoms with van der Waals surface area (Å²) in [7, 11) is 0. The van der Waals surface area contributed by atoms with Gasteiger partial charge in [-0.1, -0.05) is 115 Å². The molecule has 0 unspecified atom stereocenters. The summed E-state index contributed by atoms with van der Waals surface area (Å²) in [6.07, 6.45) is 0. The number of rotatable bonds is 4. The van der Waals surface area contributed by atoms with E-state index < -0.39 is 5.41 Å². The molecule has 0 aliphatic carbocycles. The maximum Gasteiger partial charge on any atom is 1.00 e. The topological polar surface area (TPSA) is 23.1 Å². The molecular weight excluding hydrogens is 323 g/mol. The summed E-state index contributed by atoms with van der Waals surface area (Å²) < 4.78 is 0. The normalized spacial score (nSPS) is 10.8. The molecule has 0 aliphatic heterocycles. The van der Waals surface area contributed by atoms with Crippen LogP contribution in [-0.2, 0) is 5.41 Å². The predicted octanol–water partition coefficient (Wildman–Crippen LogP) is 2.15. The Morgan fingerprint density at radius 2 is 0.704 bits per heavy atom. The first-order valence-electron chi connectivity index (χ1n) is 8.76. The third kappa shape index (κ3) is 3.45. The van der Waals surface area contributed by atoms with Crippen LogP contribution in [0.25, 0.3) is 0 Å². The van der Waals surface area contributed by atoms with Gasteiger partial charge in [-0.25, -0.2) is 0 Å². The van der Waals surface area contributed by atoms with Gasteiger partial charge in [0.25, 0.3) is 0 Å². The Balaban J connectivity index is 0.00000210. The Morgan fingerprint density at radius 1 is 0.407 bits per heavy atom. The van der Waals surface area contributed by atoms with Crippen LogP contribution in [0.4, 0.5) is 0 Å². The molecule has 0 amide bonds.